The molecule has 0 radical (unpaired) electrons. The van der Waals surface area contributed by atoms with Gasteiger partial charge in [0.05, 0.1) is 5.92 Å². The van der Waals surface area contributed by atoms with Crippen LogP contribution < -0.4 is 18.9 Å². The van der Waals surface area contributed by atoms with Gasteiger partial charge in [-0.05, 0) is 12.8 Å². The monoisotopic (exact) mass is 262 g/mol. The van der Waals surface area contributed by atoms with Gasteiger partial charge < -0.3 is 11.6 Å². The largest absolute Gasteiger partial charge is 1.00 e. The summed E-state index contributed by atoms with van der Waals surface area (Å²) >= 11 is 0. The van der Waals surface area contributed by atoms with Crippen LogP contribution in [0.5, 0.6) is 0 Å². The second-order valence-corrected chi connectivity index (χ2v) is 5.00. The first kappa shape index (κ1) is 18.8. The van der Waals surface area contributed by atoms with E-state index < -0.39 is 39.1 Å². The summed E-state index contributed by atoms with van der Waals surface area (Å²) in [5, 5.41) is 17.7. The fourth-order valence-electron chi connectivity index (χ4n) is 1.72. The van der Waals surface area contributed by atoms with Crippen LogP contribution in [0.4, 0.5) is 0 Å². The predicted molar refractivity (Wildman–Crippen MR) is 54.7 cm³/mol. The maximum absolute atomic E-state index is 11.1. The topological polar surface area (TPSA) is 129 Å². The molecule has 0 rings (SSSR count). The molecule has 3 N–H and O–H groups in total. The van der Waals surface area contributed by atoms with Crippen molar-refractivity contribution in [3.8, 4) is 0 Å². The van der Waals surface area contributed by atoms with E-state index in [1.54, 1.807) is 0 Å². The zero-order valence-corrected chi connectivity index (χ0v) is 10.7. The van der Waals surface area contributed by atoms with Crippen LogP contribution >= 0.6 is 0 Å². The SMILES string of the molecule is CCC(C(=O)O)C(CC)(C(=O)O)S(=O)(=O)O.[H-].[Li+]. The molecule has 96 valence electrons. The van der Waals surface area contributed by atoms with Crippen molar-refractivity contribution in [3.63, 3.8) is 0 Å². The van der Waals surface area contributed by atoms with Crippen LogP contribution in [0.1, 0.15) is 28.1 Å². The Hall–Kier alpha value is -0.553. The molecule has 0 amide bonds. The third kappa shape index (κ3) is 3.22. The molecule has 0 aromatic heterocycles. The normalized spacial score (nSPS) is 16.4. The van der Waals surface area contributed by atoms with Crippen LogP contribution in [0.2, 0.25) is 0 Å². The summed E-state index contributed by atoms with van der Waals surface area (Å²) in [6, 6.07) is 0. The Balaban J connectivity index is -0.00000112. The number of carbonyl (C=O) groups is 2. The summed E-state index contributed by atoms with van der Waals surface area (Å²) in [6.07, 6.45) is -0.735. The van der Waals surface area contributed by atoms with Crippen molar-refractivity contribution in [1.29, 1.82) is 0 Å². The van der Waals surface area contributed by atoms with Gasteiger partial charge in [-0.3, -0.25) is 14.1 Å². The van der Waals surface area contributed by atoms with Gasteiger partial charge in [-0.2, -0.15) is 8.42 Å². The molecular formula is C8H15LiO7S. The molecule has 0 saturated carbocycles. The quantitative estimate of drug-likeness (QED) is 0.352. The van der Waals surface area contributed by atoms with Crippen LogP contribution in [0.3, 0.4) is 0 Å². The summed E-state index contributed by atoms with van der Waals surface area (Å²) in [5.41, 5.74) is 0. The number of carboxylic acids is 2. The molecule has 2 unspecified atom stereocenters. The molecule has 0 spiro atoms. The Kier molecular flexibility index (Phi) is 7.08. The van der Waals surface area contributed by atoms with E-state index in [2.05, 4.69) is 0 Å². The Morgan fingerprint density at radius 1 is 1.29 bits per heavy atom. The molecule has 0 saturated heterocycles. The molecule has 2 atom stereocenters. The van der Waals surface area contributed by atoms with Crippen LogP contribution in [-0.2, 0) is 19.7 Å². The second kappa shape index (κ2) is 6.40. The molecule has 0 aliphatic heterocycles. The van der Waals surface area contributed by atoms with Crippen molar-refractivity contribution in [3.05, 3.63) is 0 Å². The first-order valence-electron chi connectivity index (χ1n) is 4.58. The molecular weight excluding hydrogens is 247 g/mol. The molecule has 0 bridgehead atoms. The number of aliphatic carboxylic acids is 2. The molecule has 0 aliphatic rings. The van der Waals surface area contributed by atoms with Crippen LogP contribution in [0.25, 0.3) is 0 Å². The predicted octanol–water partition coefficient (Wildman–Crippen LogP) is -2.67. The molecule has 17 heavy (non-hydrogen) atoms. The van der Waals surface area contributed by atoms with Crippen molar-refractivity contribution >= 4 is 22.1 Å². The Morgan fingerprint density at radius 3 is 1.76 bits per heavy atom. The zero-order chi connectivity index (χ0) is 13.1. The summed E-state index contributed by atoms with van der Waals surface area (Å²) in [5.74, 6) is -5.11. The minimum atomic E-state index is -5.01. The first-order chi connectivity index (χ1) is 7.15. The van der Waals surface area contributed by atoms with E-state index in [1.165, 1.54) is 13.8 Å². The van der Waals surface area contributed by atoms with E-state index in [0.29, 0.717) is 0 Å². The van der Waals surface area contributed by atoms with Gasteiger partial charge in [0.25, 0.3) is 10.1 Å². The van der Waals surface area contributed by atoms with Crippen LogP contribution in [0.15, 0.2) is 0 Å². The van der Waals surface area contributed by atoms with Crippen LogP contribution in [0, 0.1) is 5.92 Å². The Labute approximate surface area is 113 Å². The number of carboxylic acid groups (broad SMARTS) is 2. The minimum Gasteiger partial charge on any atom is -1.00 e. The van der Waals surface area contributed by atoms with Gasteiger partial charge in [0.1, 0.15) is 0 Å². The molecule has 0 heterocycles. The third-order valence-corrected chi connectivity index (χ3v) is 4.29. The van der Waals surface area contributed by atoms with E-state index in [-0.39, 0.29) is 26.7 Å². The second-order valence-electron chi connectivity index (χ2n) is 3.32. The standard InChI is InChI=1S/C8H14O7S.Li.H/c1-3-5(6(9)10)8(4-2,7(11)12)16(13,14)15;;/h5H,3-4H2,1-2H3,(H,9,10)(H,11,12)(H,13,14,15);;/q;+1;-1. The van der Waals surface area contributed by atoms with Gasteiger partial charge in [0.15, 0.2) is 0 Å². The van der Waals surface area contributed by atoms with E-state index in [1.807, 2.05) is 0 Å². The average Bonchev–Trinajstić information content (AvgIpc) is 2.10. The van der Waals surface area contributed by atoms with Crippen LogP contribution in [-0.4, -0.2) is 39.9 Å². The summed E-state index contributed by atoms with van der Waals surface area (Å²) in [6.45, 7) is 2.55. The van der Waals surface area contributed by atoms with Gasteiger partial charge >= 0.3 is 30.8 Å². The fraction of sp³-hybridized carbons (Fsp3) is 0.750. The maximum atomic E-state index is 11.1. The molecule has 0 fully saturated rings. The van der Waals surface area contributed by atoms with Gasteiger partial charge in [0.2, 0.25) is 4.75 Å². The van der Waals surface area contributed by atoms with E-state index >= 15 is 0 Å². The first-order valence-corrected chi connectivity index (χ1v) is 6.02. The van der Waals surface area contributed by atoms with Gasteiger partial charge in [-0.25, -0.2) is 0 Å². The number of hydrogen-bond donors (Lipinski definition) is 3. The summed E-state index contributed by atoms with van der Waals surface area (Å²) in [7, 11) is -5.01. The molecule has 7 nitrogen and oxygen atoms in total. The van der Waals surface area contributed by atoms with E-state index in [4.69, 9.17) is 14.8 Å². The molecule has 0 aromatic carbocycles. The smallest absolute Gasteiger partial charge is 1.00 e. The van der Waals surface area contributed by atoms with Crippen molar-refractivity contribution in [2.75, 3.05) is 0 Å². The van der Waals surface area contributed by atoms with E-state index in [0.717, 1.165) is 0 Å². The van der Waals surface area contributed by atoms with Gasteiger partial charge in [-0.1, -0.05) is 13.8 Å². The molecule has 0 aliphatic carbocycles. The zero-order valence-electron chi connectivity index (χ0n) is 10.9. The maximum Gasteiger partial charge on any atom is 1.00 e. The molecule has 9 heteroatoms. The average molecular weight is 262 g/mol. The van der Waals surface area contributed by atoms with Gasteiger partial charge in [-0.15, -0.1) is 0 Å². The van der Waals surface area contributed by atoms with Crippen molar-refractivity contribution in [1.82, 2.24) is 0 Å². The van der Waals surface area contributed by atoms with Crippen molar-refractivity contribution in [2.24, 2.45) is 5.92 Å². The summed E-state index contributed by atoms with van der Waals surface area (Å²) < 4.78 is 28.6. The third-order valence-electron chi connectivity index (χ3n) is 2.62. The Morgan fingerprint density at radius 2 is 1.71 bits per heavy atom. The fourth-order valence-corrected chi connectivity index (χ4v) is 2.94. The van der Waals surface area contributed by atoms with E-state index in [9.17, 15) is 18.0 Å². The summed E-state index contributed by atoms with van der Waals surface area (Å²) in [4.78, 5) is 21.8. The minimum absolute atomic E-state index is 0. The number of rotatable bonds is 6. The van der Waals surface area contributed by atoms with Crippen molar-refractivity contribution in [2.45, 2.75) is 31.4 Å². The number of hydrogen-bond acceptors (Lipinski definition) is 4. The molecule has 0 aromatic rings. The Bertz CT molecular complexity index is 396. The van der Waals surface area contributed by atoms with Gasteiger partial charge in [0, 0.05) is 0 Å². The van der Waals surface area contributed by atoms with Crippen molar-refractivity contribution < 1.29 is 53.1 Å².